The minimum atomic E-state index is -0.670. The molecule has 2 heterocycles. The molecule has 1 aliphatic heterocycles. The van der Waals surface area contributed by atoms with Crippen molar-refractivity contribution in [2.45, 2.75) is 19.4 Å². The zero-order chi connectivity index (χ0) is 22.7. The number of carbonyl (C=O) groups excluding carboxylic acids is 1. The molecule has 1 amide bonds. The van der Waals surface area contributed by atoms with Crippen molar-refractivity contribution >= 4 is 29.6 Å². The number of amidine groups is 1. The number of anilines is 1. The third-order valence-electron chi connectivity index (χ3n) is 4.79. The summed E-state index contributed by atoms with van der Waals surface area (Å²) in [5.41, 5.74) is 8.68. The van der Waals surface area contributed by atoms with Crippen molar-refractivity contribution in [2.24, 2.45) is 10.1 Å². The fraction of sp³-hybridized carbons (Fsp3) is 0.174. The van der Waals surface area contributed by atoms with Crippen molar-refractivity contribution in [2.75, 3.05) is 11.3 Å². The molecule has 0 radical (unpaired) electrons. The van der Waals surface area contributed by atoms with E-state index in [9.17, 15) is 9.90 Å². The molecule has 164 valence electrons. The second-order valence-electron chi connectivity index (χ2n) is 7.96. The van der Waals surface area contributed by atoms with Crippen LogP contribution in [0.5, 0.6) is 11.5 Å². The van der Waals surface area contributed by atoms with E-state index in [0.717, 1.165) is 11.3 Å². The predicted octanol–water partition coefficient (Wildman–Crippen LogP) is 3.74. The molecular weight excluding hydrogens is 426 g/mol. The van der Waals surface area contributed by atoms with Crippen molar-refractivity contribution < 1.29 is 14.6 Å². The van der Waals surface area contributed by atoms with Gasteiger partial charge in [-0.2, -0.15) is 4.40 Å². The standard InChI is InChI=1S/C23H23N5O3S/c1-23(2,13-31-19-8-4-7-17-20(19)21(24)28-32-27-17)26-22(30)15-9-10-25-18(12-15)14-5-3-6-16(29)11-14/h3-12,27,29H,13H2,1-2H3,(H2,24,28)(H,26,30). The molecule has 32 heavy (non-hydrogen) atoms. The highest BCUT2D eigenvalue weighted by Crippen LogP contribution is 2.32. The molecule has 1 aliphatic rings. The summed E-state index contributed by atoms with van der Waals surface area (Å²) in [6, 6.07) is 15.7. The summed E-state index contributed by atoms with van der Waals surface area (Å²) < 4.78 is 13.2. The molecule has 0 fully saturated rings. The van der Waals surface area contributed by atoms with Gasteiger partial charge in [-0.05, 0) is 50.2 Å². The molecule has 0 unspecified atom stereocenters. The average molecular weight is 450 g/mol. The van der Waals surface area contributed by atoms with Gasteiger partial charge in [-0.3, -0.25) is 9.78 Å². The van der Waals surface area contributed by atoms with E-state index >= 15 is 0 Å². The molecule has 0 bridgehead atoms. The van der Waals surface area contributed by atoms with Crippen molar-refractivity contribution in [3.05, 3.63) is 71.9 Å². The van der Waals surface area contributed by atoms with Crippen LogP contribution in [-0.4, -0.2) is 34.0 Å². The highest BCUT2D eigenvalue weighted by Gasteiger charge is 2.25. The van der Waals surface area contributed by atoms with Gasteiger partial charge in [0, 0.05) is 17.3 Å². The highest BCUT2D eigenvalue weighted by molar-refractivity contribution is 7.99. The van der Waals surface area contributed by atoms with Crippen molar-refractivity contribution in [1.29, 1.82) is 0 Å². The zero-order valence-corrected chi connectivity index (χ0v) is 18.4. The Morgan fingerprint density at radius 1 is 1.22 bits per heavy atom. The molecule has 0 saturated carbocycles. The number of benzene rings is 2. The zero-order valence-electron chi connectivity index (χ0n) is 17.6. The van der Waals surface area contributed by atoms with Crippen LogP contribution in [0.1, 0.15) is 29.8 Å². The molecule has 0 atom stereocenters. The van der Waals surface area contributed by atoms with E-state index < -0.39 is 5.54 Å². The largest absolute Gasteiger partial charge is 0.508 e. The summed E-state index contributed by atoms with van der Waals surface area (Å²) in [5.74, 6) is 0.864. The highest BCUT2D eigenvalue weighted by atomic mass is 32.2. The molecule has 3 aromatic rings. The average Bonchev–Trinajstić information content (AvgIpc) is 2.78. The number of hydrogen-bond acceptors (Lipinski definition) is 8. The molecule has 0 saturated heterocycles. The van der Waals surface area contributed by atoms with Crippen LogP contribution in [0, 0.1) is 0 Å². The maximum absolute atomic E-state index is 12.9. The van der Waals surface area contributed by atoms with E-state index in [1.54, 1.807) is 36.5 Å². The number of rotatable bonds is 6. The Morgan fingerprint density at radius 2 is 2.03 bits per heavy atom. The molecular formula is C23H23N5O3S. The lowest BCUT2D eigenvalue weighted by molar-refractivity contribution is 0.0880. The molecule has 5 N–H and O–H groups in total. The quantitative estimate of drug-likeness (QED) is 0.423. The third kappa shape index (κ3) is 4.78. The van der Waals surface area contributed by atoms with E-state index in [1.165, 1.54) is 12.1 Å². The van der Waals surface area contributed by atoms with Gasteiger partial charge in [-0.25, -0.2) is 0 Å². The minimum absolute atomic E-state index is 0.139. The fourth-order valence-corrected chi connectivity index (χ4v) is 3.74. The first-order valence-electron chi connectivity index (χ1n) is 9.92. The maximum Gasteiger partial charge on any atom is 0.251 e. The van der Waals surface area contributed by atoms with Crippen molar-refractivity contribution in [3.63, 3.8) is 0 Å². The number of ether oxygens (including phenoxy) is 1. The normalized spacial score (nSPS) is 12.9. The monoisotopic (exact) mass is 449 g/mol. The predicted molar refractivity (Wildman–Crippen MR) is 127 cm³/mol. The Bertz CT molecular complexity index is 1200. The molecule has 4 rings (SSSR count). The van der Waals surface area contributed by atoms with Crippen LogP contribution in [0.2, 0.25) is 0 Å². The maximum atomic E-state index is 12.9. The van der Waals surface area contributed by atoms with E-state index in [-0.39, 0.29) is 18.3 Å². The summed E-state index contributed by atoms with van der Waals surface area (Å²) in [6.45, 7) is 3.98. The molecule has 2 aromatic carbocycles. The van der Waals surface area contributed by atoms with E-state index in [0.29, 0.717) is 28.4 Å². The Kier molecular flexibility index (Phi) is 5.91. The molecule has 8 nitrogen and oxygen atoms in total. The number of nitrogens with two attached hydrogens (primary N) is 1. The van der Waals surface area contributed by atoms with Crippen molar-refractivity contribution in [3.8, 4) is 22.8 Å². The number of amides is 1. The summed E-state index contributed by atoms with van der Waals surface area (Å²) in [5, 5.41) is 12.7. The lowest BCUT2D eigenvalue weighted by Gasteiger charge is -2.27. The molecule has 0 spiro atoms. The first kappa shape index (κ1) is 21.5. The summed E-state index contributed by atoms with van der Waals surface area (Å²) in [6.07, 6.45) is 1.57. The van der Waals surface area contributed by atoms with Gasteiger partial charge in [-0.15, -0.1) is 0 Å². The summed E-state index contributed by atoms with van der Waals surface area (Å²) in [7, 11) is 0. The number of pyridine rings is 1. The number of nitrogens with zero attached hydrogens (tertiary/aromatic N) is 2. The second kappa shape index (κ2) is 8.80. The lowest BCUT2D eigenvalue weighted by atomic mass is 10.0. The smallest absolute Gasteiger partial charge is 0.251 e. The van der Waals surface area contributed by atoms with E-state index in [4.69, 9.17) is 10.5 Å². The Labute approximate surface area is 190 Å². The SMILES string of the molecule is CC(C)(COc1cccc2c1C(N)=NSN2)NC(=O)c1ccnc(-c2cccc(O)c2)c1. The van der Waals surface area contributed by atoms with Crippen LogP contribution in [0.25, 0.3) is 11.3 Å². The number of hydrogen-bond donors (Lipinski definition) is 4. The van der Waals surface area contributed by atoms with Crippen LogP contribution < -0.4 is 20.5 Å². The first-order valence-corrected chi connectivity index (χ1v) is 10.7. The van der Waals surface area contributed by atoms with Crippen LogP contribution >= 0.6 is 12.1 Å². The Hall–Kier alpha value is -3.72. The molecule has 9 heteroatoms. The van der Waals surface area contributed by atoms with E-state index in [2.05, 4.69) is 19.4 Å². The fourth-order valence-electron chi connectivity index (χ4n) is 3.24. The molecule has 1 aromatic heterocycles. The number of nitrogens with one attached hydrogen (secondary N) is 2. The van der Waals surface area contributed by atoms with Gasteiger partial charge in [0.15, 0.2) is 0 Å². The van der Waals surface area contributed by atoms with Gasteiger partial charge in [0.05, 0.1) is 34.6 Å². The van der Waals surface area contributed by atoms with Crippen molar-refractivity contribution in [1.82, 2.24) is 10.3 Å². The first-order chi connectivity index (χ1) is 15.3. The van der Waals surface area contributed by atoms with Crippen LogP contribution in [0.4, 0.5) is 5.69 Å². The van der Waals surface area contributed by atoms with Crippen LogP contribution in [0.3, 0.4) is 0 Å². The summed E-state index contributed by atoms with van der Waals surface area (Å²) >= 11 is 1.17. The second-order valence-corrected chi connectivity index (χ2v) is 8.52. The Morgan fingerprint density at radius 3 is 2.84 bits per heavy atom. The number of aromatic nitrogens is 1. The number of phenolic OH excluding ortho intramolecular Hbond substituents is 1. The number of carbonyl (C=O) groups is 1. The summed E-state index contributed by atoms with van der Waals surface area (Å²) in [4.78, 5) is 17.2. The van der Waals surface area contributed by atoms with Gasteiger partial charge in [0.25, 0.3) is 5.91 Å². The minimum Gasteiger partial charge on any atom is -0.508 e. The Balaban J connectivity index is 1.46. The third-order valence-corrected chi connectivity index (χ3v) is 5.39. The van der Waals surface area contributed by atoms with Gasteiger partial charge < -0.3 is 25.6 Å². The van der Waals surface area contributed by atoms with Gasteiger partial charge in [-0.1, -0.05) is 18.2 Å². The number of aromatic hydroxyl groups is 1. The topological polar surface area (TPSA) is 122 Å². The van der Waals surface area contributed by atoms with Crippen LogP contribution in [0.15, 0.2) is 65.2 Å². The van der Waals surface area contributed by atoms with E-state index in [1.807, 2.05) is 38.1 Å². The van der Waals surface area contributed by atoms with Gasteiger partial charge in [0.2, 0.25) is 0 Å². The lowest BCUT2D eigenvalue weighted by Crippen LogP contribution is -2.48. The van der Waals surface area contributed by atoms with Gasteiger partial charge >= 0.3 is 0 Å². The number of phenols is 1. The van der Waals surface area contributed by atoms with Gasteiger partial charge in [0.1, 0.15) is 23.9 Å². The molecule has 0 aliphatic carbocycles. The van der Waals surface area contributed by atoms with Crippen LogP contribution in [-0.2, 0) is 0 Å². The number of fused-ring (bicyclic) bond motifs is 1.